The van der Waals surface area contributed by atoms with Crippen molar-refractivity contribution in [1.82, 2.24) is 9.88 Å². The van der Waals surface area contributed by atoms with Gasteiger partial charge in [0.05, 0.1) is 32.5 Å². The number of amidine groups is 1. The number of carbonyl (C=O) groups excluding carboxylic acids is 1. The van der Waals surface area contributed by atoms with Crippen LogP contribution in [0, 0.1) is 0 Å². The van der Waals surface area contributed by atoms with Crippen molar-refractivity contribution in [2.45, 2.75) is 50.1 Å². The van der Waals surface area contributed by atoms with Gasteiger partial charge in [0, 0.05) is 24.4 Å². The molecule has 174 valence electrons. The van der Waals surface area contributed by atoms with Gasteiger partial charge in [0.1, 0.15) is 22.9 Å². The van der Waals surface area contributed by atoms with E-state index in [-0.39, 0.29) is 5.91 Å². The molecule has 1 spiro atoms. The van der Waals surface area contributed by atoms with E-state index >= 15 is 0 Å². The highest BCUT2D eigenvalue weighted by Gasteiger charge is 2.45. The number of aliphatic imine (C=N–C) groups is 1. The van der Waals surface area contributed by atoms with E-state index in [0.29, 0.717) is 36.2 Å². The van der Waals surface area contributed by atoms with E-state index in [2.05, 4.69) is 15.6 Å². The lowest BCUT2D eigenvalue weighted by molar-refractivity contribution is 0.0693. The maximum atomic E-state index is 13.6. The average molecular weight is 450 g/mol. The van der Waals surface area contributed by atoms with Crippen LogP contribution in [0.2, 0.25) is 0 Å². The number of carbonyl (C=O) groups is 1. The first-order valence-corrected chi connectivity index (χ1v) is 11.7. The van der Waals surface area contributed by atoms with Gasteiger partial charge in [-0.25, -0.2) is 4.98 Å². The molecular weight excluding hydrogens is 418 g/mol. The van der Waals surface area contributed by atoms with Crippen molar-refractivity contribution in [2.24, 2.45) is 4.99 Å². The maximum Gasteiger partial charge on any atom is 0.254 e. The highest BCUT2D eigenvalue weighted by molar-refractivity contribution is 6.09. The van der Waals surface area contributed by atoms with Crippen LogP contribution in [0.4, 0.5) is 11.5 Å². The van der Waals surface area contributed by atoms with Crippen molar-refractivity contribution in [3.8, 4) is 11.5 Å². The van der Waals surface area contributed by atoms with Crippen LogP contribution in [0.3, 0.4) is 0 Å². The van der Waals surface area contributed by atoms with Gasteiger partial charge < -0.3 is 25.0 Å². The molecule has 1 saturated carbocycles. The van der Waals surface area contributed by atoms with Crippen LogP contribution in [0.5, 0.6) is 11.5 Å². The van der Waals surface area contributed by atoms with Crippen molar-refractivity contribution in [1.29, 1.82) is 0 Å². The molecule has 2 fully saturated rings. The van der Waals surface area contributed by atoms with Crippen LogP contribution in [0.25, 0.3) is 0 Å². The number of likely N-dealkylation sites (tertiary alicyclic amines) is 1. The number of nitrogens with zero attached hydrogens (tertiary/aromatic N) is 3. The largest absolute Gasteiger partial charge is 0.497 e. The molecule has 1 aromatic heterocycles. The third kappa shape index (κ3) is 4.21. The number of hydrogen-bond acceptors (Lipinski definition) is 6. The quantitative estimate of drug-likeness (QED) is 0.735. The standard InChI is InChI=1S/C25H31N5O3/c1-32-19-13-17(14-20(15-19)33-2)23(31)30-12-6-10-25(16-30)24(27-18-7-3-4-8-18)28-22-21(29-25)9-5-11-26-22/h5,9,11,13-15,18,29H,3-4,6-8,10,12,16H2,1-2H3,(H,26,27,28)/t25-/m1/s1. The summed E-state index contributed by atoms with van der Waals surface area (Å²) in [6.45, 7) is 1.22. The zero-order valence-corrected chi connectivity index (χ0v) is 19.3. The van der Waals surface area contributed by atoms with Crippen LogP contribution >= 0.6 is 0 Å². The Balaban J connectivity index is 1.47. The summed E-state index contributed by atoms with van der Waals surface area (Å²) in [5.41, 5.74) is 1.04. The second-order valence-electron chi connectivity index (χ2n) is 9.08. The van der Waals surface area contributed by atoms with Gasteiger partial charge in [0.25, 0.3) is 5.91 Å². The van der Waals surface area contributed by atoms with Crippen LogP contribution in [0.15, 0.2) is 41.5 Å². The molecule has 2 aromatic rings. The van der Waals surface area contributed by atoms with Gasteiger partial charge in [-0.2, -0.15) is 0 Å². The minimum absolute atomic E-state index is 0.0368. The van der Waals surface area contributed by atoms with Gasteiger partial charge in [-0.05, 0) is 49.9 Å². The molecule has 2 aliphatic heterocycles. The predicted molar refractivity (Wildman–Crippen MR) is 129 cm³/mol. The number of aromatic nitrogens is 1. The van der Waals surface area contributed by atoms with E-state index in [9.17, 15) is 4.79 Å². The average Bonchev–Trinajstić information content (AvgIpc) is 3.37. The lowest BCUT2D eigenvalue weighted by Gasteiger charge is -2.47. The molecular formula is C25H31N5O3. The number of ether oxygens (including phenoxy) is 2. The van der Waals surface area contributed by atoms with Crippen molar-refractivity contribution < 1.29 is 14.3 Å². The molecule has 1 aromatic carbocycles. The molecule has 0 unspecified atom stereocenters. The number of benzene rings is 1. The number of nitrogens with one attached hydrogen (secondary N) is 2. The minimum atomic E-state index is -0.463. The number of piperidine rings is 1. The van der Waals surface area contributed by atoms with E-state index in [1.807, 2.05) is 17.0 Å². The van der Waals surface area contributed by atoms with Crippen molar-refractivity contribution in [3.05, 3.63) is 42.1 Å². The number of fused-ring (bicyclic) bond motifs is 1. The second kappa shape index (κ2) is 8.92. The van der Waals surface area contributed by atoms with Crippen LogP contribution in [-0.4, -0.2) is 60.5 Å². The molecule has 8 nitrogen and oxygen atoms in total. The second-order valence-corrected chi connectivity index (χ2v) is 9.08. The molecule has 8 heteroatoms. The lowest BCUT2D eigenvalue weighted by Crippen LogP contribution is -2.62. The molecule has 1 saturated heterocycles. The molecule has 33 heavy (non-hydrogen) atoms. The lowest BCUT2D eigenvalue weighted by atomic mass is 9.85. The Morgan fingerprint density at radius 3 is 2.64 bits per heavy atom. The number of pyridine rings is 1. The molecule has 3 aliphatic rings. The van der Waals surface area contributed by atoms with Gasteiger partial charge in [0.15, 0.2) is 5.82 Å². The number of amides is 1. The first kappa shape index (κ1) is 21.6. The zero-order valence-electron chi connectivity index (χ0n) is 19.3. The Morgan fingerprint density at radius 1 is 1.15 bits per heavy atom. The molecule has 1 atom stereocenters. The fourth-order valence-corrected chi connectivity index (χ4v) is 5.16. The molecule has 0 bridgehead atoms. The number of rotatable bonds is 4. The van der Waals surface area contributed by atoms with Crippen molar-refractivity contribution >= 4 is 23.2 Å². The first-order chi connectivity index (χ1) is 16.1. The monoisotopic (exact) mass is 449 g/mol. The van der Waals surface area contributed by atoms with Gasteiger partial charge in [0.2, 0.25) is 0 Å². The van der Waals surface area contributed by atoms with E-state index in [1.54, 1.807) is 38.6 Å². The van der Waals surface area contributed by atoms with Gasteiger partial charge in [-0.3, -0.25) is 9.79 Å². The predicted octanol–water partition coefficient (Wildman–Crippen LogP) is 3.95. The minimum Gasteiger partial charge on any atom is -0.497 e. The summed E-state index contributed by atoms with van der Waals surface area (Å²) in [6, 6.07) is 9.59. The summed E-state index contributed by atoms with van der Waals surface area (Å²) in [7, 11) is 3.18. The molecule has 0 radical (unpaired) electrons. The Kier molecular flexibility index (Phi) is 5.83. The molecule has 1 amide bonds. The third-order valence-electron chi connectivity index (χ3n) is 6.89. The van der Waals surface area contributed by atoms with E-state index in [4.69, 9.17) is 14.5 Å². The van der Waals surface area contributed by atoms with E-state index in [0.717, 1.165) is 43.0 Å². The van der Waals surface area contributed by atoms with E-state index < -0.39 is 5.54 Å². The number of methoxy groups -OCH3 is 2. The van der Waals surface area contributed by atoms with Crippen LogP contribution in [0.1, 0.15) is 48.9 Å². The van der Waals surface area contributed by atoms with E-state index in [1.165, 1.54) is 12.8 Å². The summed E-state index contributed by atoms with van der Waals surface area (Å²) in [4.78, 5) is 25.1. The van der Waals surface area contributed by atoms with Gasteiger partial charge >= 0.3 is 0 Å². The van der Waals surface area contributed by atoms with Crippen molar-refractivity contribution in [2.75, 3.05) is 37.9 Å². The van der Waals surface area contributed by atoms with Crippen LogP contribution in [-0.2, 0) is 0 Å². The summed E-state index contributed by atoms with van der Waals surface area (Å²) >= 11 is 0. The summed E-state index contributed by atoms with van der Waals surface area (Å²) in [5.74, 6) is 2.86. The Labute approximate surface area is 194 Å². The zero-order chi connectivity index (χ0) is 22.8. The normalized spacial score (nSPS) is 23.7. The molecule has 1 aliphatic carbocycles. The highest BCUT2D eigenvalue weighted by Crippen LogP contribution is 2.37. The Bertz CT molecular complexity index is 1040. The first-order valence-electron chi connectivity index (χ1n) is 11.7. The third-order valence-corrected chi connectivity index (χ3v) is 6.89. The van der Waals surface area contributed by atoms with Crippen LogP contribution < -0.4 is 20.1 Å². The fraction of sp³-hybridized carbons (Fsp3) is 0.480. The number of hydrogen-bond donors (Lipinski definition) is 2. The molecule has 3 heterocycles. The van der Waals surface area contributed by atoms with Crippen molar-refractivity contribution in [3.63, 3.8) is 0 Å². The topological polar surface area (TPSA) is 88.1 Å². The van der Waals surface area contributed by atoms with Gasteiger partial charge in [-0.1, -0.05) is 12.8 Å². The maximum absolute atomic E-state index is 13.6. The summed E-state index contributed by atoms with van der Waals surface area (Å²) < 4.78 is 10.8. The summed E-state index contributed by atoms with van der Waals surface area (Å²) in [6.07, 6.45) is 8.22. The summed E-state index contributed by atoms with van der Waals surface area (Å²) in [5, 5.41) is 7.24. The SMILES string of the molecule is COc1cc(OC)cc(C(=O)N2CCC[C@]3(C2)Nc2cccnc2NC3=NC2CCCC2)c1. The highest BCUT2D eigenvalue weighted by atomic mass is 16.5. The number of anilines is 2. The molecule has 2 N–H and O–H groups in total. The molecule has 5 rings (SSSR count). The Hall–Kier alpha value is -3.29. The fourth-order valence-electron chi connectivity index (χ4n) is 5.16. The van der Waals surface area contributed by atoms with Gasteiger partial charge in [-0.15, -0.1) is 0 Å². The Morgan fingerprint density at radius 2 is 1.91 bits per heavy atom. The smallest absolute Gasteiger partial charge is 0.254 e.